The molecule has 3 nitrogen and oxygen atoms in total. The van der Waals surface area contributed by atoms with Crippen molar-refractivity contribution < 1.29 is 9.84 Å². The number of nitrogens with zero attached hydrogens (tertiary/aromatic N) is 1. The minimum atomic E-state index is 0.0264. The largest absolute Gasteiger partial charge is 0.396 e. The molecule has 0 aliphatic carbocycles. The molecule has 2 atom stereocenters. The van der Waals surface area contributed by atoms with E-state index < -0.39 is 0 Å². The van der Waals surface area contributed by atoms with Crippen molar-refractivity contribution in [3.8, 4) is 0 Å². The highest BCUT2D eigenvalue weighted by atomic mass is 127. The number of ether oxygens (including phenoxy) is 1. The Labute approximate surface area is 94.3 Å². The second-order valence-electron chi connectivity index (χ2n) is 3.03. The Hall–Kier alpha value is 0.280. The fourth-order valence-electron chi connectivity index (χ4n) is 1.49. The van der Waals surface area contributed by atoms with Gasteiger partial charge in [-0.25, -0.2) is 4.98 Å². The second-order valence-corrected chi connectivity index (χ2v) is 5.98. The fourth-order valence-corrected chi connectivity index (χ4v) is 3.10. The summed E-state index contributed by atoms with van der Waals surface area (Å²) >= 11 is 3.89. The number of hydrogen-bond acceptors (Lipinski definition) is 4. The van der Waals surface area contributed by atoms with Crippen molar-refractivity contribution in [1.82, 2.24) is 4.98 Å². The van der Waals surface area contributed by atoms with Gasteiger partial charge in [-0.05, 0) is 29.0 Å². The van der Waals surface area contributed by atoms with Gasteiger partial charge in [-0.1, -0.05) is 0 Å². The van der Waals surface area contributed by atoms with Crippen molar-refractivity contribution in [2.75, 3.05) is 13.2 Å². The zero-order valence-corrected chi connectivity index (χ0v) is 9.92. The van der Waals surface area contributed by atoms with Gasteiger partial charge in [-0.2, -0.15) is 0 Å². The summed E-state index contributed by atoms with van der Waals surface area (Å²) in [5, 5.41) is 10.1. The number of halogens is 1. The zero-order chi connectivity index (χ0) is 9.26. The van der Waals surface area contributed by atoms with E-state index in [1.165, 1.54) is 2.88 Å². The molecule has 1 aliphatic heterocycles. The smallest absolute Gasteiger partial charge is 0.123 e. The molecule has 0 bridgehead atoms. The summed E-state index contributed by atoms with van der Waals surface area (Å²) in [6, 6.07) is 0. The van der Waals surface area contributed by atoms with Gasteiger partial charge in [0.15, 0.2) is 0 Å². The SMILES string of the molecule is OCC1CCOC1c1ncc(I)s1. The van der Waals surface area contributed by atoms with E-state index in [0.717, 1.165) is 18.0 Å². The van der Waals surface area contributed by atoms with Crippen LogP contribution in [0.5, 0.6) is 0 Å². The minimum absolute atomic E-state index is 0.0264. The molecule has 0 spiro atoms. The summed E-state index contributed by atoms with van der Waals surface area (Å²) < 4.78 is 6.71. The normalized spacial score (nSPS) is 28.2. The van der Waals surface area contributed by atoms with Gasteiger partial charge in [-0.3, -0.25) is 0 Å². The first-order chi connectivity index (χ1) is 6.31. The Balaban J connectivity index is 2.15. The molecule has 13 heavy (non-hydrogen) atoms. The Bertz CT molecular complexity index is 291. The lowest BCUT2D eigenvalue weighted by Crippen LogP contribution is -2.10. The van der Waals surface area contributed by atoms with Crippen molar-refractivity contribution in [3.05, 3.63) is 14.1 Å². The van der Waals surface area contributed by atoms with Gasteiger partial charge in [0.05, 0.1) is 9.08 Å². The zero-order valence-electron chi connectivity index (χ0n) is 6.94. The molecule has 1 fully saturated rings. The van der Waals surface area contributed by atoms with E-state index in [-0.39, 0.29) is 18.6 Å². The number of aromatic nitrogens is 1. The van der Waals surface area contributed by atoms with Crippen LogP contribution in [0.1, 0.15) is 17.5 Å². The molecule has 72 valence electrons. The van der Waals surface area contributed by atoms with Crippen LogP contribution in [0.15, 0.2) is 6.20 Å². The van der Waals surface area contributed by atoms with Gasteiger partial charge in [0.25, 0.3) is 0 Å². The molecule has 1 aromatic heterocycles. The summed E-state index contributed by atoms with van der Waals surface area (Å²) in [7, 11) is 0. The molecular weight excluding hydrogens is 301 g/mol. The maximum Gasteiger partial charge on any atom is 0.123 e. The topological polar surface area (TPSA) is 42.4 Å². The van der Waals surface area contributed by atoms with E-state index in [2.05, 4.69) is 27.6 Å². The second kappa shape index (κ2) is 4.20. The predicted octanol–water partition coefficient (Wildman–Crippen LogP) is 1.82. The standard InChI is InChI=1S/C8H10INO2S/c9-6-3-10-8(13-6)7-5(4-11)1-2-12-7/h3,5,7,11H,1-2,4H2. The third kappa shape index (κ3) is 2.03. The number of thiazole rings is 1. The molecule has 1 aliphatic rings. The molecule has 5 heteroatoms. The molecular formula is C8H10INO2S. The quantitative estimate of drug-likeness (QED) is 0.847. The third-order valence-corrected chi connectivity index (χ3v) is 3.97. The molecule has 1 N–H and O–H groups in total. The van der Waals surface area contributed by atoms with E-state index >= 15 is 0 Å². The van der Waals surface area contributed by atoms with Crippen LogP contribution in [0.4, 0.5) is 0 Å². The lowest BCUT2D eigenvalue weighted by Gasteiger charge is -2.12. The van der Waals surface area contributed by atoms with Crippen molar-refractivity contribution in [2.45, 2.75) is 12.5 Å². The predicted molar refractivity (Wildman–Crippen MR) is 58.7 cm³/mol. The number of aliphatic hydroxyl groups excluding tert-OH is 1. The molecule has 0 radical (unpaired) electrons. The van der Waals surface area contributed by atoms with Crippen molar-refractivity contribution in [1.29, 1.82) is 0 Å². The van der Waals surface area contributed by atoms with Crippen LogP contribution in [-0.4, -0.2) is 23.3 Å². The van der Waals surface area contributed by atoms with Crippen LogP contribution in [0.25, 0.3) is 0 Å². The summed E-state index contributed by atoms with van der Waals surface area (Å²) in [6.07, 6.45) is 2.81. The molecule has 2 heterocycles. The molecule has 2 unspecified atom stereocenters. The Morgan fingerprint density at radius 3 is 3.23 bits per heavy atom. The first-order valence-corrected chi connectivity index (χ1v) is 6.04. The van der Waals surface area contributed by atoms with Crippen LogP contribution in [0.3, 0.4) is 0 Å². The Morgan fingerprint density at radius 1 is 1.77 bits per heavy atom. The van der Waals surface area contributed by atoms with Crippen molar-refractivity contribution >= 4 is 33.9 Å². The van der Waals surface area contributed by atoms with Crippen LogP contribution >= 0.6 is 33.9 Å². The molecule has 2 rings (SSSR count). The van der Waals surface area contributed by atoms with E-state index in [9.17, 15) is 0 Å². The summed E-state index contributed by atoms with van der Waals surface area (Å²) in [6.45, 7) is 0.937. The van der Waals surface area contributed by atoms with E-state index in [1.807, 2.05) is 6.20 Å². The summed E-state index contributed by atoms with van der Waals surface area (Å²) in [4.78, 5) is 4.27. The third-order valence-electron chi connectivity index (χ3n) is 2.19. The van der Waals surface area contributed by atoms with Gasteiger partial charge >= 0.3 is 0 Å². The Morgan fingerprint density at radius 2 is 2.62 bits per heavy atom. The maximum atomic E-state index is 9.10. The van der Waals surface area contributed by atoms with Gasteiger partial charge in [-0.15, -0.1) is 11.3 Å². The van der Waals surface area contributed by atoms with E-state index in [4.69, 9.17) is 9.84 Å². The Kier molecular flexibility index (Phi) is 3.18. The van der Waals surface area contributed by atoms with E-state index in [0.29, 0.717) is 0 Å². The lowest BCUT2D eigenvalue weighted by molar-refractivity contribution is 0.0718. The number of rotatable bonds is 2. The molecule has 0 saturated carbocycles. The maximum absolute atomic E-state index is 9.10. The minimum Gasteiger partial charge on any atom is -0.396 e. The molecule has 0 amide bonds. The van der Waals surface area contributed by atoms with E-state index in [1.54, 1.807) is 11.3 Å². The van der Waals surface area contributed by atoms with Crippen LogP contribution in [0.2, 0.25) is 0 Å². The highest BCUT2D eigenvalue weighted by molar-refractivity contribution is 14.1. The summed E-state index contributed by atoms with van der Waals surface area (Å²) in [5.74, 6) is 0.238. The fraction of sp³-hybridized carbons (Fsp3) is 0.625. The first kappa shape index (κ1) is 9.82. The van der Waals surface area contributed by atoms with Gasteiger partial charge < -0.3 is 9.84 Å². The average Bonchev–Trinajstić information content (AvgIpc) is 2.71. The summed E-state index contributed by atoms with van der Waals surface area (Å²) in [5.41, 5.74) is 0. The molecule has 1 aromatic rings. The number of aliphatic hydroxyl groups is 1. The van der Waals surface area contributed by atoms with Crippen LogP contribution < -0.4 is 0 Å². The highest BCUT2D eigenvalue weighted by Crippen LogP contribution is 2.36. The highest BCUT2D eigenvalue weighted by Gasteiger charge is 2.31. The lowest BCUT2D eigenvalue weighted by atomic mass is 10.0. The molecule has 0 aromatic carbocycles. The van der Waals surface area contributed by atoms with Gasteiger partial charge in [0.1, 0.15) is 11.1 Å². The van der Waals surface area contributed by atoms with Crippen molar-refractivity contribution in [2.24, 2.45) is 5.92 Å². The van der Waals surface area contributed by atoms with Crippen LogP contribution in [0, 0.1) is 8.80 Å². The monoisotopic (exact) mass is 311 g/mol. The van der Waals surface area contributed by atoms with Crippen LogP contribution in [-0.2, 0) is 4.74 Å². The molecule has 1 saturated heterocycles. The average molecular weight is 311 g/mol. The van der Waals surface area contributed by atoms with Gasteiger partial charge in [0.2, 0.25) is 0 Å². The first-order valence-electron chi connectivity index (χ1n) is 4.15. The van der Waals surface area contributed by atoms with Crippen molar-refractivity contribution in [3.63, 3.8) is 0 Å². The number of hydrogen-bond donors (Lipinski definition) is 1. The van der Waals surface area contributed by atoms with Gasteiger partial charge in [0, 0.05) is 19.1 Å².